The van der Waals surface area contributed by atoms with Crippen molar-refractivity contribution in [1.29, 1.82) is 0 Å². The molecule has 2 fully saturated rings. The lowest BCUT2D eigenvalue weighted by Crippen LogP contribution is -2.46. The second kappa shape index (κ2) is 8.39. The van der Waals surface area contributed by atoms with Gasteiger partial charge in [-0.1, -0.05) is 12.2 Å². The van der Waals surface area contributed by atoms with Crippen LogP contribution in [0.4, 0.5) is 4.79 Å². The summed E-state index contributed by atoms with van der Waals surface area (Å²) < 4.78 is 11.1. The van der Waals surface area contributed by atoms with Gasteiger partial charge in [0.1, 0.15) is 0 Å². The third kappa shape index (κ3) is 5.32. The number of hydrogen-bond acceptors (Lipinski definition) is 3. The summed E-state index contributed by atoms with van der Waals surface area (Å²) in [4.78, 5) is 13.9. The number of hydrogen-bond donors (Lipinski definition) is 1. The molecule has 1 atom stereocenters. The molecule has 0 saturated carbocycles. The van der Waals surface area contributed by atoms with E-state index in [4.69, 9.17) is 9.47 Å². The Balaban J connectivity index is 1.58. The first kappa shape index (κ1) is 16.3. The SMILES string of the molecule is C=C(C)COCCNC(=O)N1CCC(C2CCCO2)CC1. The van der Waals surface area contributed by atoms with E-state index in [1.54, 1.807) is 0 Å². The molecule has 0 spiro atoms. The van der Waals surface area contributed by atoms with Gasteiger partial charge in [0.15, 0.2) is 0 Å². The van der Waals surface area contributed by atoms with Crippen molar-refractivity contribution in [3.05, 3.63) is 12.2 Å². The van der Waals surface area contributed by atoms with E-state index in [1.165, 1.54) is 12.8 Å². The van der Waals surface area contributed by atoms with Crippen molar-refractivity contribution in [2.75, 3.05) is 39.5 Å². The minimum Gasteiger partial charge on any atom is -0.378 e. The van der Waals surface area contributed by atoms with Gasteiger partial charge in [-0.15, -0.1) is 0 Å². The van der Waals surface area contributed by atoms with Crippen molar-refractivity contribution in [2.45, 2.75) is 38.7 Å². The first-order valence-electron chi connectivity index (χ1n) is 8.03. The van der Waals surface area contributed by atoms with Gasteiger partial charge in [-0.05, 0) is 38.5 Å². The second-order valence-electron chi connectivity index (χ2n) is 6.12. The molecule has 2 aliphatic rings. The number of nitrogens with zero attached hydrogens (tertiary/aromatic N) is 1. The lowest BCUT2D eigenvalue weighted by molar-refractivity contribution is 0.0371. The fraction of sp³-hybridized carbons (Fsp3) is 0.812. The Morgan fingerprint density at radius 2 is 2.14 bits per heavy atom. The molecule has 2 heterocycles. The van der Waals surface area contributed by atoms with Crippen LogP contribution in [-0.2, 0) is 9.47 Å². The van der Waals surface area contributed by atoms with E-state index in [0.29, 0.717) is 31.8 Å². The maximum atomic E-state index is 12.0. The van der Waals surface area contributed by atoms with Gasteiger partial charge in [0.2, 0.25) is 0 Å². The summed E-state index contributed by atoms with van der Waals surface area (Å²) in [6, 6.07) is 0.0275. The molecular formula is C16H28N2O3. The summed E-state index contributed by atoms with van der Waals surface area (Å²) in [6.45, 7) is 9.93. The van der Waals surface area contributed by atoms with Gasteiger partial charge in [-0.3, -0.25) is 0 Å². The normalized spacial score (nSPS) is 23.3. The van der Waals surface area contributed by atoms with E-state index in [0.717, 1.165) is 38.1 Å². The largest absolute Gasteiger partial charge is 0.378 e. The highest BCUT2D eigenvalue weighted by Gasteiger charge is 2.30. The molecule has 120 valence electrons. The van der Waals surface area contributed by atoms with Crippen LogP contribution in [0, 0.1) is 5.92 Å². The minimum absolute atomic E-state index is 0.0275. The number of ether oxygens (including phenoxy) is 2. The van der Waals surface area contributed by atoms with Gasteiger partial charge in [0, 0.05) is 26.2 Å². The molecule has 0 radical (unpaired) electrons. The van der Waals surface area contributed by atoms with Gasteiger partial charge in [0.05, 0.1) is 19.3 Å². The molecule has 0 aromatic heterocycles. The van der Waals surface area contributed by atoms with Crippen LogP contribution < -0.4 is 5.32 Å². The number of carbonyl (C=O) groups excluding carboxylic acids is 1. The number of rotatable bonds is 6. The Kier molecular flexibility index (Phi) is 6.51. The van der Waals surface area contributed by atoms with Crippen molar-refractivity contribution in [3.8, 4) is 0 Å². The highest BCUT2D eigenvalue weighted by atomic mass is 16.5. The molecule has 0 bridgehead atoms. The maximum absolute atomic E-state index is 12.0. The summed E-state index contributed by atoms with van der Waals surface area (Å²) in [6.07, 6.45) is 4.94. The Morgan fingerprint density at radius 3 is 2.76 bits per heavy atom. The highest BCUT2D eigenvalue weighted by Crippen LogP contribution is 2.28. The first-order valence-corrected chi connectivity index (χ1v) is 8.03. The molecule has 2 saturated heterocycles. The van der Waals surface area contributed by atoms with Crippen LogP contribution >= 0.6 is 0 Å². The van der Waals surface area contributed by atoms with Gasteiger partial charge in [-0.2, -0.15) is 0 Å². The predicted molar refractivity (Wildman–Crippen MR) is 82.3 cm³/mol. The molecule has 5 heteroatoms. The average molecular weight is 296 g/mol. The van der Waals surface area contributed by atoms with Crippen LogP contribution in [0.15, 0.2) is 12.2 Å². The fourth-order valence-corrected chi connectivity index (χ4v) is 3.04. The van der Waals surface area contributed by atoms with Gasteiger partial charge >= 0.3 is 6.03 Å². The molecule has 2 aliphatic heterocycles. The topological polar surface area (TPSA) is 50.8 Å². The van der Waals surface area contributed by atoms with Crippen LogP contribution in [-0.4, -0.2) is 56.5 Å². The molecule has 0 aliphatic carbocycles. The van der Waals surface area contributed by atoms with Crippen molar-refractivity contribution in [1.82, 2.24) is 10.2 Å². The van der Waals surface area contributed by atoms with Crippen molar-refractivity contribution in [3.63, 3.8) is 0 Å². The molecular weight excluding hydrogens is 268 g/mol. The molecule has 0 aromatic carbocycles. The highest BCUT2D eigenvalue weighted by molar-refractivity contribution is 5.74. The third-order valence-electron chi connectivity index (χ3n) is 4.19. The van der Waals surface area contributed by atoms with Crippen LogP contribution in [0.25, 0.3) is 0 Å². The maximum Gasteiger partial charge on any atom is 0.317 e. The zero-order chi connectivity index (χ0) is 15.1. The van der Waals surface area contributed by atoms with Crippen LogP contribution in [0.2, 0.25) is 0 Å². The average Bonchev–Trinajstić information content (AvgIpc) is 3.01. The smallest absolute Gasteiger partial charge is 0.317 e. The van der Waals surface area contributed by atoms with Gasteiger partial charge in [0.25, 0.3) is 0 Å². The zero-order valence-corrected chi connectivity index (χ0v) is 13.1. The van der Waals surface area contributed by atoms with E-state index < -0.39 is 0 Å². The standard InChI is InChI=1S/C16H28N2O3/c1-13(2)12-20-11-7-17-16(19)18-8-5-14(6-9-18)15-4-3-10-21-15/h14-15H,1,3-12H2,2H3,(H,17,19). The first-order chi connectivity index (χ1) is 10.2. The lowest BCUT2D eigenvalue weighted by Gasteiger charge is -2.34. The molecule has 2 rings (SSSR count). The number of urea groups is 1. The molecule has 5 nitrogen and oxygen atoms in total. The molecule has 0 aromatic rings. The number of amides is 2. The fourth-order valence-electron chi connectivity index (χ4n) is 3.04. The van der Waals surface area contributed by atoms with Crippen molar-refractivity contribution >= 4 is 6.03 Å². The van der Waals surface area contributed by atoms with E-state index in [9.17, 15) is 4.79 Å². The van der Waals surface area contributed by atoms with E-state index in [1.807, 2.05) is 11.8 Å². The molecule has 21 heavy (non-hydrogen) atoms. The molecule has 1 unspecified atom stereocenters. The summed E-state index contributed by atoms with van der Waals surface area (Å²) in [5.41, 5.74) is 0.998. The quantitative estimate of drug-likeness (QED) is 0.604. The van der Waals surface area contributed by atoms with E-state index >= 15 is 0 Å². The zero-order valence-electron chi connectivity index (χ0n) is 13.1. The van der Waals surface area contributed by atoms with Gasteiger partial charge < -0.3 is 19.7 Å². The van der Waals surface area contributed by atoms with E-state index in [2.05, 4.69) is 11.9 Å². The van der Waals surface area contributed by atoms with E-state index in [-0.39, 0.29) is 6.03 Å². The molecule has 2 amide bonds. The Morgan fingerprint density at radius 1 is 1.38 bits per heavy atom. The van der Waals surface area contributed by atoms with Gasteiger partial charge in [-0.25, -0.2) is 4.79 Å². The monoisotopic (exact) mass is 296 g/mol. The summed E-state index contributed by atoms with van der Waals surface area (Å²) >= 11 is 0. The Hall–Kier alpha value is -1.07. The van der Waals surface area contributed by atoms with Crippen molar-refractivity contribution < 1.29 is 14.3 Å². The van der Waals surface area contributed by atoms with Crippen molar-refractivity contribution in [2.24, 2.45) is 5.92 Å². The number of nitrogens with one attached hydrogen (secondary N) is 1. The van der Waals surface area contributed by atoms with Crippen LogP contribution in [0.1, 0.15) is 32.6 Å². The summed E-state index contributed by atoms with van der Waals surface area (Å²) in [5.74, 6) is 0.635. The lowest BCUT2D eigenvalue weighted by atomic mass is 9.90. The minimum atomic E-state index is 0.0275. The predicted octanol–water partition coefficient (Wildman–Crippen LogP) is 2.18. The third-order valence-corrected chi connectivity index (χ3v) is 4.19. The number of piperidine rings is 1. The number of likely N-dealkylation sites (tertiary alicyclic amines) is 1. The number of carbonyl (C=O) groups is 1. The van der Waals surface area contributed by atoms with Crippen LogP contribution in [0.5, 0.6) is 0 Å². The Labute approximate surface area is 127 Å². The Bertz CT molecular complexity index is 345. The molecule has 1 N–H and O–H groups in total. The summed E-state index contributed by atoms with van der Waals surface area (Å²) in [5, 5.41) is 2.91. The summed E-state index contributed by atoms with van der Waals surface area (Å²) in [7, 11) is 0. The second-order valence-corrected chi connectivity index (χ2v) is 6.12. The van der Waals surface area contributed by atoms with Crippen LogP contribution in [0.3, 0.4) is 0 Å².